The first-order chi connectivity index (χ1) is 9.83. The number of unbranched alkanes of at least 4 members (excludes halogenated alkanes) is 4. The van der Waals surface area contributed by atoms with E-state index in [4.69, 9.17) is 0 Å². The molecule has 0 N–H and O–H groups in total. The summed E-state index contributed by atoms with van der Waals surface area (Å²) in [6.45, 7) is 0. The van der Waals surface area contributed by atoms with Gasteiger partial charge < -0.3 is 0 Å². The highest BCUT2D eigenvalue weighted by atomic mass is 32.2. The minimum atomic E-state index is 0.570. The van der Waals surface area contributed by atoms with Gasteiger partial charge in [0.25, 0.3) is 0 Å². The van der Waals surface area contributed by atoms with Crippen LogP contribution >= 0.6 is 48.8 Å². The van der Waals surface area contributed by atoms with Crippen molar-refractivity contribution in [2.75, 3.05) is 23.0 Å². The van der Waals surface area contributed by atoms with Crippen molar-refractivity contribution in [3.8, 4) is 0 Å². The number of rotatable bonds is 12. The maximum Gasteiger partial charge on any atom is 0.0611 e. The van der Waals surface area contributed by atoms with Gasteiger partial charge in [-0.3, -0.25) is 0 Å². The van der Waals surface area contributed by atoms with Gasteiger partial charge in [-0.15, -0.1) is 23.5 Å². The first kappa shape index (κ1) is 19.4. The summed E-state index contributed by atoms with van der Waals surface area (Å²) in [5, 5.41) is 0. The van der Waals surface area contributed by atoms with Crippen molar-refractivity contribution in [1.82, 2.24) is 0 Å². The van der Waals surface area contributed by atoms with Crippen LogP contribution in [0.1, 0.15) is 70.6 Å². The van der Waals surface area contributed by atoms with Gasteiger partial charge in [0, 0.05) is 0 Å². The SMILES string of the molecule is SCCCCCSC1(SCCCCCS)CCCCC1. The van der Waals surface area contributed by atoms with E-state index < -0.39 is 0 Å². The average molecular weight is 353 g/mol. The molecule has 120 valence electrons. The first-order valence-corrected chi connectivity index (χ1v) is 11.6. The van der Waals surface area contributed by atoms with Gasteiger partial charge in [-0.1, -0.05) is 32.1 Å². The molecule has 1 aliphatic carbocycles. The third kappa shape index (κ3) is 8.75. The lowest BCUT2D eigenvalue weighted by atomic mass is 10.00. The Balaban J connectivity index is 2.22. The van der Waals surface area contributed by atoms with E-state index in [0.717, 1.165) is 11.5 Å². The van der Waals surface area contributed by atoms with Gasteiger partial charge in [0.05, 0.1) is 4.08 Å². The van der Waals surface area contributed by atoms with Crippen molar-refractivity contribution in [3.05, 3.63) is 0 Å². The summed E-state index contributed by atoms with van der Waals surface area (Å²) in [6, 6.07) is 0. The van der Waals surface area contributed by atoms with Crippen LogP contribution in [0.5, 0.6) is 0 Å². The fourth-order valence-electron chi connectivity index (χ4n) is 2.72. The van der Waals surface area contributed by atoms with Crippen molar-refractivity contribution in [2.24, 2.45) is 0 Å². The minimum absolute atomic E-state index is 0.570. The molecule has 20 heavy (non-hydrogen) atoms. The van der Waals surface area contributed by atoms with Crippen molar-refractivity contribution in [2.45, 2.75) is 74.7 Å². The van der Waals surface area contributed by atoms with E-state index >= 15 is 0 Å². The second-order valence-corrected chi connectivity index (χ2v) is 9.85. The van der Waals surface area contributed by atoms with Gasteiger partial charge >= 0.3 is 0 Å². The molecule has 0 unspecified atom stereocenters. The Bertz CT molecular complexity index is 199. The summed E-state index contributed by atoms with van der Waals surface area (Å²) in [7, 11) is 0. The van der Waals surface area contributed by atoms with Crippen molar-refractivity contribution in [3.63, 3.8) is 0 Å². The molecular weight excluding hydrogens is 320 g/mol. The molecule has 0 aliphatic heterocycles. The topological polar surface area (TPSA) is 0 Å². The predicted octanol–water partition coefficient (Wildman–Crippen LogP) is 6.31. The second kappa shape index (κ2) is 12.9. The lowest BCUT2D eigenvalue weighted by Crippen LogP contribution is -2.25. The van der Waals surface area contributed by atoms with Gasteiger partial charge in [0.2, 0.25) is 0 Å². The normalized spacial score (nSPS) is 18.3. The largest absolute Gasteiger partial charge is 0.179 e. The molecule has 1 saturated carbocycles. The Morgan fingerprint density at radius 3 is 1.60 bits per heavy atom. The second-order valence-electron chi connectivity index (χ2n) is 5.74. The Kier molecular flexibility index (Phi) is 12.5. The summed E-state index contributed by atoms with van der Waals surface area (Å²) >= 11 is 13.2. The molecule has 0 aromatic rings. The zero-order valence-electron chi connectivity index (χ0n) is 12.8. The summed E-state index contributed by atoms with van der Waals surface area (Å²) in [5.74, 6) is 4.82. The summed E-state index contributed by atoms with van der Waals surface area (Å²) in [4.78, 5) is 0. The van der Waals surface area contributed by atoms with Crippen LogP contribution in [0.3, 0.4) is 0 Å². The first-order valence-electron chi connectivity index (χ1n) is 8.33. The molecule has 4 heteroatoms. The highest BCUT2D eigenvalue weighted by molar-refractivity contribution is 8.18. The molecule has 0 bridgehead atoms. The molecule has 0 aromatic heterocycles. The Labute approximate surface area is 146 Å². The summed E-state index contributed by atoms with van der Waals surface area (Å²) < 4.78 is 0.570. The van der Waals surface area contributed by atoms with E-state index in [1.165, 1.54) is 82.1 Å². The van der Waals surface area contributed by atoms with Gasteiger partial charge in [-0.25, -0.2) is 0 Å². The van der Waals surface area contributed by atoms with Gasteiger partial charge in [0.15, 0.2) is 0 Å². The quantitative estimate of drug-likeness (QED) is 0.240. The summed E-state index contributed by atoms with van der Waals surface area (Å²) in [5.41, 5.74) is 0. The molecule has 0 aromatic carbocycles. The van der Waals surface area contributed by atoms with Gasteiger partial charge in [-0.2, -0.15) is 25.3 Å². The predicted molar refractivity (Wildman–Crippen MR) is 106 cm³/mol. The third-order valence-electron chi connectivity index (χ3n) is 3.95. The molecule has 1 rings (SSSR count). The maximum atomic E-state index is 4.30. The molecular formula is C16H32S4. The van der Waals surface area contributed by atoms with Crippen LogP contribution in [0, 0.1) is 0 Å². The summed E-state index contributed by atoms with van der Waals surface area (Å²) in [6.07, 6.45) is 15.3. The van der Waals surface area contributed by atoms with E-state index in [-0.39, 0.29) is 0 Å². The number of hydrogen-bond acceptors (Lipinski definition) is 4. The average Bonchev–Trinajstić information content (AvgIpc) is 2.48. The van der Waals surface area contributed by atoms with E-state index in [1.807, 2.05) is 0 Å². The smallest absolute Gasteiger partial charge is 0.0611 e. The maximum absolute atomic E-state index is 4.30. The van der Waals surface area contributed by atoms with Crippen LogP contribution < -0.4 is 0 Å². The number of thioether (sulfide) groups is 2. The van der Waals surface area contributed by atoms with Crippen LogP contribution in [-0.4, -0.2) is 27.1 Å². The van der Waals surface area contributed by atoms with Gasteiger partial charge in [0.1, 0.15) is 0 Å². The van der Waals surface area contributed by atoms with E-state index in [2.05, 4.69) is 48.8 Å². The van der Waals surface area contributed by atoms with E-state index in [1.54, 1.807) is 0 Å². The molecule has 0 saturated heterocycles. The number of thiol groups is 2. The highest BCUT2D eigenvalue weighted by Crippen LogP contribution is 2.49. The molecule has 0 spiro atoms. The molecule has 0 nitrogen and oxygen atoms in total. The van der Waals surface area contributed by atoms with Crippen molar-refractivity contribution >= 4 is 48.8 Å². The van der Waals surface area contributed by atoms with Crippen molar-refractivity contribution in [1.29, 1.82) is 0 Å². The third-order valence-corrected chi connectivity index (χ3v) is 8.14. The van der Waals surface area contributed by atoms with E-state index in [9.17, 15) is 0 Å². The van der Waals surface area contributed by atoms with Crippen molar-refractivity contribution < 1.29 is 0 Å². The molecule has 0 atom stereocenters. The molecule has 1 fully saturated rings. The van der Waals surface area contributed by atoms with E-state index in [0.29, 0.717) is 4.08 Å². The fourth-order valence-corrected chi connectivity index (χ4v) is 6.59. The molecule has 1 aliphatic rings. The van der Waals surface area contributed by atoms with Crippen LogP contribution in [-0.2, 0) is 0 Å². The molecule has 0 heterocycles. The van der Waals surface area contributed by atoms with Crippen LogP contribution in [0.4, 0.5) is 0 Å². The minimum Gasteiger partial charge on any atom is -0.179 e. The number of hydrogen-bond donors (Lipinski definition) is 2. The lowest BCUT2D eigenvalue weighted by Gasteiger charge is -2.36. The monoisotopic (exact) mass is 352 g/mol. The molecule has 0 radical (unpaired) electrons. The fraction of sp³-hybridized carbons (Fsp3) is 1.00. The molecule has 0 amide bonds. The van der Waals surface area contributed by atoms with Crippen LogP contribution in [0.2, 0.25) is 0 Å². The zero-order valence-corrected chi connectivity index (χ0v) is 16.2. The Morgan fingerprint density at radius 2 is 1.15 bits per heavy atom. The standard InChI is InChI=1S/C16H32S4/c17-12-6-2-8-14-19-16(10-4-1-5-11-16)20-15-9-3-7-13-18/h17-18H,1-15H2. The lowest BCUT2D eigenvalue weighted by molar-refractivity contribution is 0.490. The van der Waals surface area contributed by atoms with Crippen LogP contribution in [0.15, 0.2) is 0 Å². The zero-order chi connectivity index (χ0) is 14.5. The van der Waals surface area contributed by atoms with Gasteiger partial charge in [-0.05, 0) is 61.5 Å². The highest BCUT2D eigenvalue weighted by Gasteiger charge is 2.32. The Hall–Kier alpha value is 1.40. The van der Waals surface area contributed by atoms with Crippen LogP contribution in [0.25, 0.3) is 0 Å². The Morgan fingerprint density at radius 1 is 0.650 bits per heavy atom.